The molecule has 3 atom stereocenters. The maximum atomic E-state index is 13.5. The van der Waals surface area contributed by atoms with Crippen LogP contribution in [0.4, 0.5) is 14.5 Å². The molecular weight excluding hydrogens is 504 g/mol. The van der Waals surface area contributed by atoms with Crippen LogP contribution in [-0.2, 0) is 9.84 Å². The lowest BCUT2D eigenvalue weighted by molar-refractivity contribution is -0.266. The molecule has 4 N–H and O–H groups in total. The zero-order valence-corrected chi connectivity index (χ0v) is 20.6. The number of rotatable bonds is 6. The number of carbonyl (C=O) groups excluding carboxylic acids is 1. The Morgan fingerprint density at radius 1 is 1.11 bits per heavy atom. The van der Waals surface area contributed by atoms with Gasteiger partial charge in [-0.25, -0.2) is 17.2 Å². The quantitative estimate of drug-likeness (QED) is 0.455. The average molecular weight is 530 g/mol. The van der Waals surface area contributed by atoms with Crippen LogP contribution in [-0.4, -0.2) is 52.2 Å². The number of sulfone groups is 1. The van der Waals surface area contributed by atoms with Crippen LogP contribution in [0.5, 0.6) is 0 Å². The van der Waals surface area contributed by atoms with Crippen molar-refractivity contribution in [3.63, 3.8) is 0 Å². The molecule has 2 unspecified atom stereocenters. The summed E-state index contributed by atoms with van der Waals surface area (Å²) in [4.78, 5) is 12.4. The summed E-state index contributed by atoms with van der Waals surface area (Å²) < 4.78 is 53.5. The lowest BCUT2D eigenvalue weighted by Crippen LogP contribution is -2.71. The first kappa shape index (κ1) is 26.0. The van der Waals surface area contributed by atoms with Crippen molar-refractivity contribution in [2.75, 3.05) is 5.32 Å². The number of aliphatic hydroxyl groups is 3. The van der Waals surface area contributed by atoms with Crippen molar-refractivity contribution in [3.05, 3.63) is 58.6 Å². The number of fused-ring (bicyclic) bond motifs is 2. The number of nitrogens with one attached hydrogen (secondary N) is 1. The first-order valence-corrected chi connectivity index (χ1v) is 13.0. The molecule has 2 bridgehead atoms. The van der Waals surface area contributed by atoms with E-state index in [9.17, 15) is 37.3 Å². The molecule has 0 spiro atoms. The van der Waals surface area contributed by atoms with Crippen molar-refractivity contribution in [2.24, 2.45) is 11.8 Å². The number of carbonyl (C=O) groups is 1. The lowest BCUT2D eigenvalue weighted by Gasteiger charge is -2.61. The standard InChI is InChI=1S/C24H26ClF2NO6S/c1-23(2,31)22(30)24(32)13-8-14(24)10-16(9-13)35(33,34)20-7-12(3-5-17(20)25)21(29)28-15-4-6-18(26)19(27)11-15/h3-7,11,13-14,16,22,30-32H,8-10H2,1-2H3,(H,28,29)/t13?,14?,16-,22-,24-/m1/s1. The predicted octanol–water partition coefficient (Wildman–Crippen LogP) is 3.31. The Morgan fingerprint density at radius 2 is 1.74 bits per heavy atom. The molecule has 2 aromatic rings. The molecule has 3 fully saturated rings. The highest BCUT2D eigenvalue weighted by Crippen LogP contribution is 2.58. The highest BCUT2D eigenvalue weighted by molar-refractivity contribution is 7.92. The van der Waals surface area contributed by atoms with Gasteiger partial charge in [-0.1, -0.05) is 11.6 Å². The number of benzene rings is 2. The summed E-state index contributed by atoms with van der Waals surface area (Å²) in [6.45, 7) is 2.77. The molecular formula is C24H26ClF2NO6S. The number of halogens is 3. The molecule has 0 saturated heterocycles. The van der Waals surface area contributed by atoms with Crippen molar-refractivity contribution < 1.29 is 37.3 Å². The lowest BCUT2D eigenvalue weighted by atomic mass is 9.50. The fourth-order valence-corrected chi connectivity index (χ4v) is 7.68. The molecule has 0 radical (unpaired) electrons. The van der Waals surface area contributed by atoms with Crippen LogP contribution in [0, 0.1) is 23.5 Å². The third kappa shape index (κ3) is 4.46. The summed E-state index contributed by atoms with van der Waals surface area (Å²) in [5, 5.41) is 33.2. The zero-order chi connectivity index (χ0) is 25.9. The maximum Gasteiger partial charge on any atom is 0.255 e. The monoisotopic (exact) mass is 529 g/mol. The maximum absolute atomic E-state index is 13.5. The molecule has 0 aromatic heterocycles. The molecule has 3 aliphatic carbocycles. The fraction of sp³-hybridized carbons (Fsp3) is 0.458. The number of hydrogen-bond acceptors (Lipinski definition) is 6. The van der Waals surface area contributed by atoms with E-state index in [4.69, 9.17) is 11.6 Å². The van der Waals surface area contributed by atoms with Crippen molar-refractivity contribution >= 4 is 33.0 Å². The van der Waals surface area contributed by atoms with E-state index in [1.165, 1.54) is 32.0 Å². The Labute approximate surface area is 206 Å². The van der Waals surface area contributed by atoms with Crippen molar-refractivity contribution in [1.82, 2.24) is 0 Å². The van der Waals surface area contributed by atoms with E-state index >= 15 is 0 Å². The van der Waals surface area contributed by atoms with E-state index in [1.807, 2.05) is 0 Å². The Morgan fingerprint density at radius 3 is 2.31 bits per heavy atom. The highest BCUT2D eigenvalue weighted by atomic mass is 35.5. The summed E-state index contributed by atoms with van der Waals surface area (Å²) in [6.07, 6.45) is -0.789. The van der Waals surface area contributed by atoms with Crippen molar-refractivity contribution in [2.45, 2.75) is 60.6 Å². The molecule has 11 heteroatoms. The molecule has 0 aliphatic heterocycles. The Kier molecular flexibility index (Phi) is 6.51. The van der Waals surface area contributed by atoms with Gasteiger partial charge in [0, 0.05) is 17.3 Å². The summed E-state index contributed by atoms with van der Waals surface area (Å²) in [7, 11) is -4.02. The number of aliphatic hydroxyl groups excluding tert-OH is 1. The first-order chi connectivity index (χ1) is 16.2. The van der Waals surface area contributed by atoms with E-state index in [1.54, 1.807) is 0 Å². The van der Waals surface area contributed by atoms with Gasteiger partial charge in [-0.3, -0.25) is 4.79 Å². The third-order valence-corrected chi connectivity index (χ3v) is 9.85. The van der Waals surface area contributed by atoms with Crippen LogP contribution in [0.1, 0.15) is 43.5 Å². The molecule has 190 valence electrons. The van der Waals surface area contributed by atoms with Gasteiger partial charge in [0.2, 0.25) is 0 Å². The van der Waals surface area contributed by atoms with E-state index < -0.39 is 61.8 Å². The predicted molar refractivity (Wildman–Crippen MR) is 125 cm³/mol. The van der Waals surface area contributed by atoms with Gasteiger partial charge in [-0.15, -0.1) is 0 Å². The molecule has 5 rings (SSSR count). The largest absolute Gasteiger partial charge is 0.388 e. The van der Waals surface area contributed by atoms with Crippen LogP contribution in [0.3, 0.4) is 0 Å². The van der Waals surface area contributed by atoms with Crippen LogP contribution in [0.2, 0.25) is 5.02 Å². The third-order valence-electron chi connectivity index (χ3n) is 7.20. The Balaban J connectivity index is 1.56. The van der Waals surface area contributed by atoms with Gasteiger partial charge in [-0.05, 0) is 75.3 Å². The number of anilines is 1. The molecule has 35 heavy (non-hydrogen) atoms. The second-order valence-corrected chi connectivity index (χ2v) is 12.5. The van der Waals surface area contributed by atoms with Gasteiger partial charge in [0.15, 0.2) is 21.5 Å². The summed E-state index contributed by atoms with van der Waals surface area (Å²) in [5.74, 6) is -4.01. The summed E-state index contributed by atoms with van der Waals surface area (Å²) in [5.41, 5.74) is -3.20. The SMILES string of the molecule is CC(C)(O)[C@@H](O)[C@]1(O)C2CC1C[C@@H](S(=O)(=O)c1cc(C(=O)Nc3ccc(F)c(F)c3)ccc1Cl)C2. The Bertz CT molecular complexity index is 1270. The smallest absolute Gasteiger partial charge is 0.255 e. The molecule has 3 saturated carbocycles. The minimum atomic E-state index is -4.02. The normalized spacial score (nSPS) is 27.1. The van der Waals surface area contributed by atoms with Gasteiger partial charge in [0.25, 0.3) is 5.91 Å². The molecule has 0 heterocycles. The van der Waals surface area contributed by atoms with Gasteiger partial charge in [0.05, 0.1) is 26.4 Å². The average Bonchev–Trinajstić information content (AvgIpc) is 2.79. The van der Waals surface area contributed by atoms with E-state index in [-0.39, 0.29) is 34.0 Å². The molecule has 7 nitrogen and oxygen atoms in total. The molecule has 2 aromatic carbocycles. The fourth-order valence-electron chi connectivity index (χ4n) is 5.28. The van der Waals surface area contributed by atoms with Gasteiger partial charge < -0.3 is 20.6 Å². The minimum absolute atomic E-state index is 0.00900. The minimum Gasteiger partial charge on any atom is -0.388 e. The second-order valence-electron chi connectivity index (χ2n) is 9.94. The number of amides is 1. The van der Waals surface area contributed by atoms with Gasteiger partial charge in [-0.2, -0.15) is 0 Å². The van der Waals surface area contributed by atoms with Crippen LogP contribution in [0.15, 0.2) is 41.3 Å². The highest BCUT2D eigenvalue weighted by Gasteiger charge is 2.65. The zero-order valence-electron chi connectivity index (χ0n) is 19.0. The summed E-state index contributed by atoms with van der Waals surface area (Å²) in [6, 6.07) is 6.54. The van der Waals surface area contributed by atoms with E-state index in [0.29, 0.717) is 6.42 Å². The topological polar surface area (TPSA) is 124 Å². The van der Waals surface area contributed by atoms with Crippen molar-refractivity contribution in [1.29, 1.82) is 0 Å². The van der Waals surface area contributed by atoms with Gasteiger partial charge in [0.1, 0.15) is 6.10 Å². The first-order valence-electron chi connectivity index (χ1n) is 11.1. The van der Waals surface area contributed by atoms with E-state index in [0.717, 1.165) is 18.2 Å². The summed E-state index contributed by atoms with van der Waals surface area (Å²) >= 11 is 6.19. The molecule has 1 amide bonds. The Hall–Kier alpha value is -2.11. The molecule has 3 aliphatic rings. The van der Waals surface area contributed by atoms with Crippen molar-refractivity contribution in [3.8, 4) is 0 Å². The van der Waals surface area contributed by atoms with E-state index in [2.05, 4.69) is 5.32 Å². The van der Waals surface area contributed by atoms with Crippen LogP contribution >= 0.6 is 11.6 Å². The number of hydrogen-bond donors (Lipinski definition) is 4. The van der Waals surface area contributed by atoms with Crippen LogP contribution < -0.4 is 5.32 Å². The van der Waals surface area contributed by atoms with Gasteiger partial charge >= 0.3 is 0 Å². The second kappa shape index (κ2) is 8.77. The van der Waals surface area contributed by atoms with Crippen LogP contribution in [0.25, 0.3) is 0 Å².